The molecule has 0 aromatic heterocycles. The molecule has 1 aliphatic rings. The zero-order chi connectivity index (χ0) is 12.4. The number of anilines is 2. The molecule has 2 N–H and O–H groups in total. The van der Waals surface area contributed by atoms with Gasteiger partial charge >= 0.3 is 0 Å². The first-order valence-electron chi connectivity index (χ1n) is 6.18. The van der Waals surface area contributed by atoms with E-state index in [1.165, 1.54) is 12.8 Å². The highest BCUT2D eigenvalue weighted by Gasteiger charge is 2.26. The molecule has 3 nitrogen and oxygen atoms in total. The summed E-state index contributed by atoms with van der Waals surface area (Å²) in [5, 5.41) is 8.96. The van der Waals surface area contributed by atoms with E-state index in [1.807, 2.05) is 12.1 Å². The molecule has 0 radical (unpaired) electrons. The van der Waals surface area contributed by atoms with Crippen molar-refractivity contribution in [3.05, 3.63) is 23.8 Å². The summed E-state index contributed by atoms with van der Waals surface area (Å²) < 4.78 is 0. The summed E-state index contributed by atoms with van der Waals surface area (Å²) in [4.78, 5) is 2.31. The third kappa shape index (κ3) is 2.71. The van der Waals surface area contributed by atoms with Gasteiger partial charge in [0, 0.05) is 12.6 Å². The highest BCUT2D eigenvalue weighted by atomic mass is 15.2. The van der Waals surface area contributed by atoms with Gasteiger partial charge in [-0.1, -0.05) is 0 Å². The maximum Gasteiger partial charge on any atom is 0.0992 e. The molecular weight excluding hydrogens is 210 g/mol. The third-order valence-electron chi connectivity index (χ3n) is 3.24. The normalized spacial score (nSPS) is 14.7. The first-order valence-corrected chi connectivity index (χ1v) is 6.18. The summed E-state index contributed by atoms with van der Waals surface area (Å²) in [5.74, 6) is 0.808. The number of nitrogens with two attached hydrogens (primary N) is 1. The van der Waals surface area contributed by atoms with Crippen LogP contribution in [0.5, 0.6) is 0 Å². The predicted octanol–water partition coefficient (Wildman–Crippen LogP) is 2.77. The second-order valence-electron chi connectivity index (χ2n) is 5.07. The van der Waals surface area contributed by atoms with Crippen molar-refractivity contribution < 1.29 is 0 Å². The van der Waals surface area contributed by atoms with Crippen LogP contribution < -0.4 is 10.6 Å². The van der Waals surface area contributed by atoms with Crippen LogP contribution in [0.2, 0.25) is 0 Å². The Morgan fingerprint density at radius 3 is 2.71 bits per heavy atom. The smallest absolute Gasteiger partial charge is 0.0992 e. The molecular formula is C14H19N3. The SMILES string of the molecule is CC(C)N(CC1CC1)c1cc(C#N)ccc1N. The Bertz CT molecular complexity index is 441. The molecule has 0 amide bonds. The summed E-state index contributed by atoms with van der Waals surface area (Å²) >= 11 is 0. The highest BCUT2D eigenvalue weighted by Crippen LogP contribution is 2.34. The number of hydrogen-bond donors (Lipinski definition) is 1. The van der Waals surface area contributed by atoms with Crippen LogP contribution in [-0.4, -0.2) is 12.6 Å². The van der Waals surface area contributed by atoms with E-state index in [0.717, 1.165) is 23.8 Å². The van der Waals surface area contributed by atoms with E-state index in [4.69, 9.17) is 11.0 Å². The van der Waals surface area contributed by atoms with Crippen molar-refractivity contribution in [2.75, 3.05) is 17.2 Å². The van der Waals surface area contributed by atoms with Gasteiger partial charge in [0.05, 0.1) is 23.0 Å². The number of hydrogen-bond acceptors (Lipinski definition) is 3. The average molecular weight is 229 g/mol. The van der Waals surface area contributed by atoms with E-state index < -0.39 is 0 Å². The molecule has 1 aromatic rings. The Morgan fingerprint density at radius 1 is 1.47 bits per heavy atom. The molecule has 0 spiro atoms. The van der Waals surface area contributed by atoms with Crippen LogP contribution in [0.3, 0.4) is 0 Å². The fourth-order valence-electron chi connectivity index (χ4n) is 2.03. The second kappa shape index (κ2) is 4.67. The Morgan fingerprint density at radius 2 is 2.18 bits per heavy atom. The van der Waals surface area contributed by atoms with Crippen LogP contribution >= 0.6 is 0 Å². The molecule has 0 bridgehead atoms. The molecule has 0 unspecified atom stereocenters. The Balaban J connectivity index is 2.30. The first kappa shape index (κ1) is 11.8. The fraction of sp³-hybridized carbons (Fsp3) is 0.500. The largest absolute Gasteiger partial charge is 0.397 e. The van der Waals surface area contributed by atoms with Crippen molar-refractivity contribution in [1.29, 1.82) is 5.26 Å². The molecule has 1 fully saturated rings. The van der Waals surface area contributed by atoms with Crippen molar-refractivity contribution in [3.63, 3.8) is 0 Å². The van der Waals surface area contributed by atoms with Gasteiger partial charge in [-0.2, -0.15) is 5.26 Å². The van der Waals surface area contributed by atoms with E-state index in [0.29, 0.717) is 11.6 Å². The zero-order valence-corrected chi connectivity index (χ0v) is 10.5. The Labute approximate surface area is 103 Å². The predicted molar refractivity (Wildman–Crippen MR) is 70.8 cm³/mol. The minimum absolute atomic E-state index is 0.409. The molecule has 2 rings (SSSR count). The molecule has 1 aromatic carbocycles. The monoisotopic (exact) mass is 229 g/mol. The zero-order valence-electron chi connectivity index (χ0n) is 10.5. The highest BCUT2D eigenvalue weighted by molar-refractivity contribution is 5.70. The van der Waals surface area contributed by atoms with Crippen LogP contribution in [-0.2, 0) is 0 Å². The lowest BCUT2D eigenvalue weighted by atomic mass is 10.1. The summed E-state index contributed by atoms with van der Waals surface area (Å²) in [6.45, 7) is 5.39. The Kier molecular flexibility index (Phi) is 3.23. The van der Waals surface area contributed by atoms with Crippen LogP contribution in [0.4, 0.5) is 11.4 Å². The first-order chi connectivity index (χ1) is 8.11. The van der Waals surface area contributed by atoms with Gasteiger partial charge in [-0.15, -0.1) is 0 Å². The topological polar surface area (TPSA) is 53.0 Å². The van der Waals surface area contributed by atoms with Gasteiger partial charge in [0.1, 0.15) is 0 Å². The van der Waals surface area contributed by atoms with Crippen molar-refractivity contribution in [2.24, 2.45) is 5.92 Å². The van der Waals surface area contributed by atoms with E-state index in [9.17, 15) is 0 Å². The molecule has 90 valence electrons. The number of benzene rings is 1. The summed E-state index contributed by atoms with van der Waals surface area (Å²) in [6, 6.07) is 8.09. The van der Waals surface area contributed by atoms with Gasteiger partial charge < -0.3 is 10.6 Å². The van der Waals surface area contributed by atoms with Crippen molar-refractivity contribution in [3.8, 4) is 6.07 Å². The van der Waals surface area contributed by atoms with E-state index in [1.54, 1.807) is 6.07 Å². The minimum Gasteiger partial charge on any atom is -0.397 e. The number of nitrogens with zero attached hydrogens (tertiary/aromatic N) is 2. The lowest BCUT2D eigenvalue weighted by Gasteiger charge is -2.30. The van der Waals surface area contributed by atoms with Gasteiger partial charge in [0.15, 0.2) is 0 Å². The molecule has 1 saturated carbocycles. The third-order valence-corrected chi connectivity index (χ3v) is 3.24. The fourth-order valence-corrected chi connectivity index (χ4v) is 2.03. The molecule has 0 aliphatic heterocycles. The summed E-state index contributed by atoms with van der Waals surface area (Å²) in [5.41, 5.74) is 8.47. The molecule has 17 heavy (non-hydrogen) atoms. The molecule has 1 aliphatic carbocycles. The number of nitriles is 1. The summed E-state index contributed by atoms with van der Waals surface area (Å²) in [6.07, 6.45) is 2.64. The van der Waals surface area contributed by atoms with Crippen LogP contribution in [0.15, 0.2) is 18.2 Å². The average Bonchev–Trinajstić information content (AvgIpc) is 3.10. The van der Waals surface area contributed by atoms with Gasteiger partial charge in [0.2, 0.25) is 0 Å². The van der Waals surface area contributed by atoms with Crippen molar-refractivity contribution in [2.45, 2.75) is 32.7 Å². The van der Waals surface area contributed by atoms with E-state index in [-0.39, 0.29) is 0 Å². The van der Waals surface area contributed by atoms with Crippen LogP contribution in [0, 0.1) is 17.2 Å². The van der Waals surface area contributed by atoms with E-state index >= 15 is 0 Å². The maximum atomic E-state index is 8.96. The van der Waals surface area contributed by atoms with Crippen LogP contribution in [0.1, 0.15) is 32.3 Å². The standard InChI is InChI=1S/C14H19N3/c1-10(2)17(9-11-3-4-11)14-7-12(8-15)5-6-13(14)16/h5-7,10-11H,3-4,9,16H2,1-2H3. The van der Waals surface area contributed by atoms with E-state index in [2.05, 4.69) is 24.8 Å². The van der Waals surface area contributed by atoms with Gasteiger partial charge in [-0.3, -0.25) is 0 Å². The minimum atomic E-state index is 0.409. The maximum absolute atomic E-state index is 8.96. The van der Waals surface area contributed by atoms with Gasteiger partial charge in [0.25, 0.3) is 0 Å². The number of nitrogen functional groups attached to an aromatic ring is 1. The van der Waals surface area contributed by atoms with Gasteiger partial charge in [-0.25, -0.2) is 0 Å². The Hall–Kier alpha value is -1.69. The van der Waals surface area contributed by atoms with Crippen LogP contribution in [0.25, 0.3) is 0 Å². The number of rotatable bonds is 4. The lowest BCUT2D eigenvalue weighted by molar-refractivity contribution is 0.645. The molecule has 0 heterocycles. The van der Waals surface area contributed by atoms with Crippen molar-refractivity contribution >= 4 is 11.4 Å². The molecule has 0 atom stereocenters. The van der Waals surface area contributed by atoms with Gasteiger partial charge in [-0.05, 0) is 50.8 Å². The van der Waals surface area contributed by atoms with Crippen molar-refractivity contribution in [1.82, 2.24) is 0 Å². The lowest BCUT2D eigenvalue weighted by Crippen LogP contribution is -2.33. The molecule has 3 heteroatoms. The summed E-state index contributed by atoms with van der Waals surface area (Å²) in [7, 11) is 0. The second-order valence-corrected chi connectivity index (χ2v) is 5.07. The quantitative estimate of drug-likeness (QED) is 0.808. The molecule has 0 saturated heterocycles.